The minimum Gasteiger partial charge on any atom is -0.386 e. The molecular weight excluding hydrogens is 388 g/mol. The van der Waals surface area contributed by atoms with Crippen molar-refractivity contribution in [2.75, 3.05) is 13.2 Å². The van der Waals surface area contributed by atoms with Crippen molar-refractivity contribution < 1.29 is 19.3 Å². The van der Waals surface area contributed by atoms with Crippen LogP contribution < -0.4 is 0 Å². The van der Waals surface area contributed by atoms with E-state index in [1.165, 1.54) is 0 Å². The van der Waals surface area contributed by atoms with Crippen molar-refractivity contribution >= 4 is 0 Å². The zero-order valence-corrected chi connectivity index (χ0v) is 17.6. The monoisotopic (exact) mass is 416 g/mol. The Morgan fingerprint density at radius 2 is 1.26 bits per heavy atom. The standard InChI is InChI=1S/C27H28O4/c1-2-29-26-19-18-24(28)25(31-26)20-30-27(21-12-6-3-7-13-21,22-14-8-4-9-15-22)23-16-10-5-11-17-23/h3-19,24-26,28H,2,20H2,1H3/t24-,25-,26+/m1/s1. The molecule has 1 N–H and O–H groups in total. The van der Waals surface area contributed by atoms with Crippen molar-refractivity contribution in [2.24, 2.45) is 0 Å². The van der Waals surface area contributed by atoms with E-state index >= 15 is 0 Å². The summed E-state index contributed by atoms with van der Waals surface area (Å²) in [4.78, 5) is 0. The average Bonchev–Trinajstić information content (AvgIpc) is 2.83. The summed E-state index contributed by atoms with van der Waals surface area (Å²) in [5.74, 6) is 0. The zero-order valence-electron chi connectivity index (χ0n) is 17.6. The number of hydrogen-bond acceptors (Lipinski definition) is 4. The fourth-order valence-corrected chi connectivity index (χ4v) is 4.00. The first-order valence-corrected chi connectivity index (χ1v) is 10.7. The second-order valence-corrected chi connectivity index (χ2v) is 7.46. The van der Waals surface area contributed by atoms with E-state index in [9.17, 15) is 5.11 Å². The lowest BCUT2D eigenvalue weighted by molar-refractivity contribution is -0.191. The average molecular weight is 417 g/mol. The summed E-state index contributed by atoms with van der Waals surface area (Å²) in [5, 5.41) is 10.5. The van der Waals surface area contributed by atoms with E-state index in [2.05, 4.69) is 36.4 Å². The largest absolute Gasteiger partial charge is 0.386 e. The van der Waals surface area contributed by atoms with Gasteiger partial charge in [-0.25, -0.2) is 0 Å². The molecule has 3 aromatic carbocycles. The number of benzene rings is 3. The lowest BCUT2D eigenvalue weighted by atomic mass is 9.80. The van der Waals surface area contributed by atoms with Crippen molar-refractivity contribution in [1.82, 2.24) is 0 Å². The van der Waals surface area contributed by atoms with E-state index in [4.69, 9.17) is 14.2 Å². The van der Waals surface area contributed by atoms with Gasteiger partial charge < -0.3 is 19.3 Å². The van der Waals surface area contributed by atoms with Gasteiger partial charge in [-0.2, -0.15) is 0 Å². The smallest absolute Gasteiger partial charge is 0.177 e. The van der Waals surface area contributed by atoms with E-state index in [-0.39, 0.29) is 6.61 Å². The van der Waals surface area contributed by atoms with Gasteiger partial charge in [0.15, 0.2) is 6.29 Å². The molecule has 1 heterocycles. The molecule has 1 aliphatic heterocycles. The van der Waals surface area contributed by atoms with Crippen LogP contribution in [0.15, 0.2) is 103 Å². The Balaban J connectivity index is 1.75. The molecule has 0 spiro atoms. The van der Waals surface area contributed by atoms with Gasteiger partial charge in [-0.3, -0.25) is 0 Å². The fourth-order valence-electron chi connectivity index (χ4n) is 4.00. The van der Waals surface area contributed by atoms with Crippen molar-refractivity contribution in [1.29, 1.82) is 0 Å². The summed E-state index contributed by atoms with van der Waals surface area (Å²) in [7, 11) is 0. The molecular formula is C27H28O4. The van der Waals surface area contributed by atoms with Crippen LogP contribution in [0.25, 0.3) is 0 Å². The Morgan fingerprint density at radius 3 is 1.71 bits per heavy atom. The molecule has 4 rings (SSSR count). The molecule has 0 aromatic heterocycles. The molecule has 1 aliphatic rings. The third-order valence-electron chi connectivity index (χ3n) is 5.49. The Morgan fingerprint density at radius 1 is 0.774 bits per heavy atom. The number of rotatable bonds is 8. The Hall–Kier alpha value is -2.76. The fraction of sp³-hybridized carbons (Fsp3) is 0.259. The van der Waals surface area contributed by atoms with Gasteiger partial charge in [0.2, 0.25) is 0 Å². The highest BCUT2D eigenvalue weighted by molar-refractivity contribution is 5.47. The Labute approximate surface area is 183 Å². The third kappa shape index (κ3) is 4.63. The van der Waals surface area contributed by atoms with Crippen molar-refractivity contribution in [2.45, 2.75) is 31.0 Å². The SMILES string of the molecule is CCO[C@@H]1C=C[C@@H](O)[C@@H](COC(c2ccccc2)(c2ccccc2)c2ccccc2)O1. The van der Waals surface area contributed by atoms with Crippen LogP contribution in [-0.2, 0) is 19.8 Å². The van der Waals surface area contributed by atoms with E-state index in [0.717, 1.165) is 16.7 Å². The van der Waals surface area contributed by atoms with Crippen LogP contribution in [0.5, 0.6) is 0 Å². The maximum Gasteiger partial charge on any atom is 0.177 e. The molecule has 0 bridgehead atoms. The first kappa shape index (κ1) is 21.5. The second kappa shape index (κ2) is 10.0. The highest BCUT2D eigenvalue weighted by atomic mass is 16.7. The van der Waals surface area contributed by atoms with Crippen molar-refractivity contribution in [3.63, 3.8) is 0 Å². The predicted molar refractivity (Wildman–Crippen MR) is 121 cm³/mol. The number of hydrogen-bond donors (Lipinski definition) is 1. The molecule has 0 amide bonds. The molecule has 4 nitrogen and oxygen atoms in total. The molecule has 4 heteroatoms. The molecule has 0 aliphatic carbocycles. The van der Waals surface area contributed by atoms with Gasteiger partial charge >= 0.3 is 0 Å². The van der Waals surface area contributed by atoms with E-state index in [1.54, 1.807) is 12.2 Å². The maximum atomic E-state index is 10.5. The quantitative estimate of drug-likeness (QED) is 0.428. The predicted octanol–water partition coefficient (Wildman–Crippen LogP) is 4.67. The normalized spacial score (nSPS) is 21.2. The van der Waals surface area contributed by atoms with Gasteiger partial charge in [0.05, 0.1) is 6.61 Å². The first-order chi connectivity index (χ1) is 15.2. The van der Waals surface area contributed by atoms with Gasteiger partial charge in [0, 0.05) is 6.61 Å². The minimum atomic E-state index is -0.852. The topological polar surface area (TPSA) is 47.9 Å². The van der Waals surface area contributed by atoms with Gasteiger partial charge in [0.25, 0.3) is 0 Å². The highest BCUT2D eigenvalue weighted by Gasteiger charge is 2.39. The van der Waals surface area contributed by atoms with Crippen molar-refractivity contribution in [3.8, 4) is 0 Å². The summed E-state index contributed by atoms with van der Waals surface area (Å²) in [6.45, 7) is 2.63. The van der Waals surface area contributed by atoms with Crippen LogP contribution in [0.1, 0.15) is 23.6 Å². The number of aliphatic hydroxyl groups excluding tert-OH is 1. The molecule has 3 aromatic rings. The van der Waals surface area contributed by atoms with Crippen molar-refractivity contribution in [3.05, 3.63) is 120 Å². The Kier molecular flexibility index (Phi) is 6.95. The van der Waals surface area contributed by atoms with Crippen LogP contribution in [0.2, 0.25) is 0 Å². The van der Waals surface area contributed by atoms with Crippen LogP contribution in [0, 0.1) is 0 Å². The van der Waals surface area contributed by atoms with Crippen LogP contribution in [-0.4, -0.2) is 36.8 Å². The third-order valence-corrected chi connectivity index (χ3v) is 5.49. The minimum absolute atomic E-state index is 0.188. The summed E-state index contributed by atoms with van der Waals surface area (Å²) in [6, 6.07) is 30.5. The molecule has 160 valence electrons. The highest BCUT2D eigenvalue weighted by Crippen LogP contribution is 2.40. The lowest BCUT2D eigenvalue weighted by Gasteiger charge is -2.38. The summed E-state index contributed by atoms with van der Waals surface area (Å²) in [6.07, 6.45) is 1.66. The van der Waals surface area contributed by atoms with E-state index in [1.807, 2.05) is 61.5 Å². The van der Waals surface area contributed by atoms with Gasteiger partial charge in [-0.1, -0.05) is 97.1 Å². The van der Waals surface area contributed by atoms with Gasteiger partial charge in [0.1, 0.15) is 17.8 Å². The van der Waals surface area contributed by atoms with Gasteiger partial charge in [-0.15, -0.1) is 0 Å². The molecule has 3 atom stereocenters. The van der Waals surface area contributed by atoms with Crippen LogP contribution in [0.3, 0.4) is 0 Å². The second-order valence-electron chi connectivity index (χ2n) is 7.46. The number of aliphatic hydroxyl groups is 1. The molecule has 0 radical (unpaired) electrons. The zero-order chi connectivity index (χ0) is 21.5. The van der Waals surface area contributed by atoms with Crippen LogP contribution in [0.4, 0.5) is 0 Å². The van der Waals surface area contributed by atoms with E-state index < -0.39 is 24.1 Å². The summed E-state index contributed by atoms with van der Waals surface area (Å²) >= 11 is 0. The molecule has 0 saturated heterocycles. The molecule has 0 fully saturated rings. The first-order valence-electron chi connectivity index (χ1n) is 10.7. The lowest BCUT2D eigenvalue weighted by Crippen LogP contribution is -2.43. The summed E-state index contributed by atoms with van der Waals surface area (Å²) < 4.78 is 18.3. The maximum absolute atomic E-state index is 10.5. The van der Waals surface area contributed by atoms with Gasteiger partial charge in [-0.05, 0) is 29.7 Å². The van der Waals surface area contributed by atoms with E-state index in [0.29, 0.717) is 6.61 Å². The molecule has 0 saturated carbocycles. The Bertz CT molecular complexity index is 860. The number of ether oxygens (including phenoxy) is 3. The molecule has 0 unspecified atom stereocenters. The molecule has 31 heavy (non-hydrogen) atoms. The van der Waals surface area contributed by atoms with Crippen LogP contribution >= 0.6 is 0 Å². The summed E-state index contributed by atoms with van der Waals surface area (Å²) in [5.41, 5.74) is 2.17.